The highest BCUT2D eigenvalue weighted by Gasteiger charge is 2.14. The predicted molar refractivity (Wildman–Crippen MR) is 86.1 cm³/mol. The lowest BCUT2D eigenvalue weighted by molar-refractivity contribution is -0.138. The maximum absolute atomic E-state index is 12.7. The van der Waals surface area contributed by atoms with Crippen LogP contribution in [0.3, 0.4) is 0 Å². The Kier molecular flexibility index (Phi) is 7.81. The van der Waals surface area contributed by atoms with Gasteiger partial charge >= 0.3 is 0 Å². The third-order valence-corrected chi connectivity index (χ3v) is 3.20. The van der Waals surface area contributed by atoms with Crippen LogP contribution in [0.2, 0.25) is 0 Å². The zero-order chi connectivity index (χ0) is 17.3. The number of carbonyl (C=O) groups is 1. The van der Waals surface area contributed by atoms with E-state index in [1.165, 1.54) is 12.1 Å². The smallest absolute Gasteiger partial charge is 0.293 e. The number of halogens is 1. The third kappa shape index (κ3) is 8.40. The van der Waals surface area contributed by atoms with Crippen molar-refractivity contribution in [2.24, 2.45) is 5.92 Å². The molecule has 2 N–H and O–H groups in total. The molecule has 1 aromatic carbocycles. The van der Waals surface area contributed by atoms with Gasteiger partial charge in [0.1, 0.15) is 11.4 Å². The topological polar surface area (TPSA) is 67.8 Å². The molecular weight excluding hydrogens is 301 g/mol. The minimum Gasteiger partial charge on any atom is -0.504 e. The summed E-state index contributed by atoms with van der Waals surface area (Å²) in [5, 5.41) is 12.7. The molecule has 1 heterocycles. The highest BCUT2D eigenvalue weighted by molar-refractivity contribution is 5.38. The van der Waals surface area contributed by atoms with E-state index in [-0.39, 0.29) is 11.4 Å². The van der Waals surface area contributed by atoms with Crippen LogP contribution in [0.1, 0.15) is 33.6 Å². The molecule has 2 rings (SSSR count). The van der Waals surface area contributed by atoms with Crippen LogP contribution in [-0.2, 0) is 9.53 Å². The maximum Gasteiger partial charge on any atom is 0.293 e. The Morgan fingerprint density at radius 2 is 2.17 bits per heavy atom. The van der Waals surface area contributed by atoms with Gasteiger partial charge in [0.25, 0.3) is 6.47 Å². The molecule has 0 bridgehead atoms. The lowest BCUT2D eigenvalue weighted by Gasteiger charge is -2.22. The standard InChI is InChI=1S/C12H16FNO2.C5H10O2/c13-10-3-4-12(11(15)6-10)16-8-9-2-1-5-14-7-9;1-5(2,3)7-4-6/h3-4,6,9,14-15H,1-2,5,7-8H2;4H,1-3H3/t9-;/m0./s1. The first-order valence-corrected chi connectivity index (χ1v) is 7.75. The monoisotopic (exact) mass is 327 g/mol. The van der Waals surface area contributed by atoms with E-state index < -0.39 is 5.82 Å². The Bertz CT molecular complexity index is 482. The highest BCUT2D eigenvalue weighted by Crippen LogP contribution is 2.27. The van der Waals surface area contributed by atoms with E-state index in [1.54, 1.807) is 0 Å². The fourth-order valence-electron chi connectivity index (χ4n) is 2.03. The Balaban J connectivity index is 0.000000322. The summed E-state index contributed by atoms with van der Waals surface area (Å²) in [5.74, 6) is 0.234. The number of hydrogen-bond acceptors (Lipinski definition) is 5. The van der Waals surface area contributed by atoms with Gasteiger partial charge in [0.2, 0.25) is 0 Å². The van der Waals surface area contributed by atoms with E-state index in [4.69, 9.17) is 4.74 Å². The fourth-order valence-corrected chi connectivity index (χ4v) is 2.03. The zero-order valence-corrected chi connectivity index (χ0v) is 14.0. The second-order valence-corrected chi connectivity index (χ2v) is 6.46. The molecule has 1 atom stereocenters. The minimum atomic E-state index is -0.454. The van der Waals surface area contributed by atoms with E-state index in [9.17, 15) is 14.3 Å². The minimum absolute atomic E-state index is 0.135. The van der Waals surface area contributed by atoms with Crippen LogP contribution >= 0.6 is 0 Å². The maximum atomic E-state index is 12.7. The summed E-state index contributed by atoms with van der Waals surface area (Å²) in [5.41, 5.74) is -0.318. The van der Waals surface area contributed by atoms with E-state index in [0.29, 0.717) is 24.7 Å². The summed E-state index contributed by atoms with van der Waals surface area (Å²) in [6.45, 7) is 8.50. The van der Waals surface area contributed by atoms with Crippen molar-refractivity contribution in [3.05, 3.63) is 24.0 Å². The fraction of sp³-hybridized carbons (Fsp3) is 0.588. The van der Waals surface area contributed by atoms with Gasteiger partial charge in [-0.1, -0.05) is 0 Å². The Morgan fingerprint density at radius 1 is 1.43 bits per heavy atom. The summed E-state index contributed by atoms with van der Waals surface area (Å²) in [6, 6.07) is 3.81. The summed E-state index contributed by atoms with van der Waals surface area (Å²) < 4.78 is 22.7. The SMILES string of the molecule is CC(C)(C)OC=O.Oc1cc(F)ccc1OC[C@H]1CCCNC1. The van der Waals surface area contributed by atoms with Gasteiger partial charge in [-0.25, -0.2) is 4.39 Å². The number of benzene rings is 1. The largest absolute Gasteiger partial charge is 0.504 e. The molecule has 0 radical (unpaired) electrons. The lowest BCUT2D eigenvalue weighted by Crippen LogP contribution is -2.33. The molecule has 0 saturated carbocycles. The number of nitrogens with one attached hydrogen (secondary N) is 1. The molecule has 0 spiro atoms. The van der Waals surface area contributed by atoms with Crippen molar-refractivity contribution in [3.8, 4) is 11.5 Å². The zero-order valence-electron chi connectivity index (χ0n) is 14.0. The molecule has 0 amide bonds. The van der Waals surface area contributed by atoms with Crippen LogP contribution in [-0.4, -0.2) is 36.9 Å². The van der Waals surface area contributed by atoms with Gasteiger partial charge in [-0.05, 0) is 52.3 Å². The first-order valence-electron chi connectivity index (χ1n) is 7.75. The number of ether oxygens (including phenoxy) is 2. The molecule has 0 aliphatic carbocycles. The van der Waals surface area contributed by atoms with Gasteiger partial charge < -0.3 is 19.9 Å². The van der Waals surface area contributed by atoms with Crippen molar-refractivity contribution >= 4 is 6.47 Å². The number of hydrogen-bond donors (Lipinski definition) is 2. The summed E-state index contributed by atoms with van der Waals surface area (Å²) in [4.78, 5) is 9.60. The summed E-state index contributed by atoms with van der Waals surface area (Å²) >= 11 is 0. The van der Waals surface area contributed by atoms with Gasteiger partial charge in [-0.15, -0.1) is 0 Å². The van der Waals surface area contributed by atoms with Crippen molar-refractivity contribution in [2.45, 2.75) is 39.2 Å². The molecule has 5 nitrogen and oxygen atoms in total. The number of aromatic hydroxyl groups is 1. The Morgan fingerprint density at radius 3 is 2.65 bits per heavy atom. The van der Waals surface area contributed by atoms with Crippen molar-refractivity contribution in [2.75, 3.05) is 19.7 Å². The van der Waals surface area contributed by atoms with E-state index in [1.807, 2.05) is 20.8 Å². The number of carbonyl (C=O) groups excluding carboxylic acids is 1. The average Bonchev–Trinajstić information content (AvgIpc) is 2.47. The Hall–Kier alpha value is -1.82. The van der Waals surface area contributed by atoms with Crippen LogP contribution in [0.4, 0.5) is 4.39 Å². The van der Waals surface area contributed by atoms with Crippen molar-refractivity contribution < 1.29 is 23.8 Å². The Labute approximate surface area is 136 Å². The molecule has 0 unspecified atom stereocenters. The van der Waals surface area contributed by atoms with Crippen molar-refractivity contribution in [3.63, 3.8) is 0 Å². The van der Waals surface area contributed by atoms with Gasteiger partial charge in [0.15, 0.2) is 11.5 Å². The lowest BCUT2D eigenvalue weighted by atomic mass is 10.0. The van der Waals surface area contributed by atoms with Crippen molar-refractivity contribution in [1.82, 2.24) is 5.32 Å². The quantitative estimate of drug-likeness (QED) is 0.832. The second-order valence-electron chi connectivity index (χ2n) is 6.46. The number of rotatable bonds is 4. The van der Waals surface area contributed by atoms with Crippen molar-refractivity contribution in [1.29, 1.82) is 0 Å². The first kappa shape index (κ1) is 19.2. The number of phenols is 1. The van der Waals surface area contributed by atoms with Crippen LogP contribution < -0.4 is 10.1 Å². The molecule has 1 aromatic rings. The molecule has 1 fully saturated rings. The van der Waals surface area contributed by atoms with Gasteiger partial charge in [-0.3, -0.25) is 4.79 Å². The van der Waals surface area contributed by atoms with Crippen LogP contribution in [0.5, 0.6) is 11.5 Å². The molecule has 1 aliphatic rings. The molecule has 0 aromatic heterocycles. The van der Waals surface area contributed by atoms with Crippen LogP contribution in [0.15, 0.2) is 18.2 Å². The molecular formula is C17H26FNO4. The van der Waals surface area contributed by atoms with Gasteiger partial charge in [0.05, 0.1) is 6.61 Å². The predicted octanol–water partition coefficient (Wildman–Crippen LogP) is 2.87. The van der Waals surface area contributed by atoms with E-state index in [2.05, 4.69) is 10.1 Å². The number of phenolic OH excluding ortho intramolecular Hbond substituents is 1. The van der Waals surface area contributed by atoms with Crippen LogP contribution in [0, 0.1) is 11.7 Å². The molecule has 6 heteroatoms. The third-order valence-electron chi connectivity index (χ3n) is 3.20. The molecule has 1 saturated heterocycles. The molecule has 1 aliphatic heterocycles. The van der Waals surface area contributed by atoms with E-state index in [0.717, 1.165) is 32.0 Å². The van der Waals surface area contributed by atoms with E-state index >= 15 is 0 Å². The highest BCUT2D eigenvalue weighted by atomic mass is 19.1. The average molecular weight is 327 g/mol. The van der Waals surface area contributed by atoms with Gasteiger partial charge in [-0.2, -0.15) is 0 Å². The summed E-state index contributed by atoms with van der Waals surface area (Å²) in [6.07, 6.45) is 2.29. The second kappa shape index (κ2) is 9.35. The normalized spacial score (nSPS) is 17.7. The molecule has 130 valence electrons. The summed E-state index contributed by atoms with van der Waals surface area (Å²) in [7, 11) is 0. The van der Waals surface area contributed by atoms with Gasteiger partial charge in [0, 0.05) is 18.5 Å². The van der Waals surface area contributed by atoms with Crippen LogP contribution in [0.25, 0.3) is 0 Å². The number of piperidine rings is 1. The molecule has 23 heavy (non-hydrogen) atoms. The first-order chi connectivity index (χ1) is 10.8.